The molecule has 0 amide bonds. The number of piperazine rings is 1. The minimum Gasteiger partial charge on any atom is -0.336 e. The highest BCUT2D eigenvalue weighted by Gasteiger charge is 2.30. The molecule has 28 heavy (non-hydrogen) atoms. The Balaban J connectivity index is 1.44. The Kier molecular flexibility index (Phi) is 4.81. The van der Waals surface area contributed by atoms with Gasteiger partial charge in [-0.2, -0.15) is 14.6 Å². The highest BCUT2D eigenvalue weighted by molar-refractivity contribution is 7.89. The molecule has 3 aromatic rings. The number of benzene rings is 2. The fourth-order valence-corrected chi connectivity index (χ4v) is 4.44. The molecule has 1 aliphatic rings. The molecule has 1 aromatic heterocycles. The zero-order valence-electron chi connectivity index (χ0n) is 14.9. The van der Waals surface area contributed by atoms with Crippen LogP contribution >= 0.6 is 0 Å². The largest absolute Gasteiger partial charge is 0.336 e. The number of nitrogens with zero attached hydrogens (tertiary/aromatic N) is 5. The molecule has 0 spiro atoms. The molecule has 0 atom stereocenters. The second kappa shape index (κ2) is 7.42. The molecule has 2 aromatic carbocycles. The van der Waals surface area contributed by atoms with Crippen LogP contribution in [-0.2, 0) is 10.0 Å². The summed E-state index contributed by atoms with van der Waals surface area (Å²) in [5.41, 5.74) is 1.26. The van der Waals surface area contributed by atoms with Crippen LogP contribution in [0.2, 0.25) is 0 Å². The van der Waals surface area contributed by atoms with E-state index in [9.17, 15) is 8.42 Å². The molecule has 1 fully saturated rings. The topological polar surface area (TPSA) is 103 Å². The van der Waals surface area contributed by atoms with E-state index in [1.807, 2.05) is 41.3 Å². The lowest BCUT2D eigenvalue weighted by Gasteiger charge is -2.33. The lowest BCUT2D eigenvalue weighted by molar-refractivity contribution is 0.377. The van der Waals surface area contributed by atoms with Gasteiger partial charge in [0.2, 0.25) is 10.0 Å². The summed E-state index contributed by atoms with van der Waals surface area (Å²) in [7, 11) is -3.60. The number of hydrogen-bond donors (Lipinski definition) is 0. The predicted molar refractivity (Wildman–Crippen MR) is 102 cm³/mol. The summed E-state index contributed by atoms with van der Waals surface area (Å²) in [6.07, 6.45) is 0. The monoisotopic (exact) mass is 395 g/mol. The fourth-order valence-electron chi connectivity index (χ4n) is 3.02. The molecule has 4 rings (SSSR count). The van der Waals surface area contributed by atoms with Crippen LogP contribution in [0.1, 0.15) is 5.56 Å². The Morgan fingerprint density at radius 2 is 1.64 bits per heavy atom. The minimum atomic E-state index is -3.60. The van der Waals surface area contributed by atoms with Crippen LogP contribution < -0.4 is 4.90 Å². The average Bonchev–Trinajstić information content (AvgIpc) is 3.25. The maximum Gasteiger partial charge on any atom is 0.266 e. The molecular weight excluding hydrogens is 378 g/mol. The van der Waals surface area contributed by atoms with Crippen molar-refractivity contribution in [1.29, 1.82) is 5.26 Å². The van der Waals surface area contributed by atoms with E-state index in [0.29, 0.717) is 43.6 Å². The van der Waals surface area contributed by atoms with Gasteiger partial charge in [-0.25, -0.2) is 8.42 Å². The smallest absolute Gasteiger partial charge is 0.266 e. The first-order valence-corrected chi connectivity index (χ1v) is 10.2. The third-order valence-corrected chi connectivity index (χ3v) is 6.49. The molecule has 9 heteroatoms. The van der Waals surface area contributed by atoms with Gasteiger partial charge in [0.05, 0.1) is 16.5 Å². The van der Waals surface area contributed by atoms with Crippen LogP contribution in [0.5, 0.6) is 0 Å². The van der Waals surface area contributed by atoms with Crippen molar-refractivity contribution < 1.29 is 12.9 Å². The van der Waals surface area contributed by atoms with Gasteiger partial charge in [0.25, 0.3) is 11.8 Å². The van der Waals surface area contributed by atoms with E-state index in [2.05, 4.69) is 10.1 Å². The van der Waals surface area contributed by atoms with Crippen LogP contribution in [0.25, 0.3) is 11.5 Å². The Bertz CT molecular complexity index is 1100. The van der Waals surface area contributed by atoms with E-state index in [1.54, 1.807) is 0 Å². The van der Waals surface area contributed by atoms with E-state index < -0.39 is 10.0 Å². The predicted octanol–water partition coefficient (Wildman–Crippen LogP) is 2.12. The summed E-state index contributed by atoms with van der Waals surface area (Å²) in [5, 5.41) is 12.9. The Hall–Kier alpha value is -3.22. The van der Waals surface area contributed by atoms with Crippen molar-refractivity contribution in [2.45, 2.75) is 4.90 Å². The second-order valence-electron chi connectivity index (χ2n) is 6.29. The third kappa shape index (κ3) is 3.47. The second-order valence-corrected chi connectivity index (χ2v) is 8.23. The molecule has 1 aliphatic heterocycles. The summed E-state index contributed by atoms with van der Waals surface area (Å²) >= 11 is 0. The van der Waals surface area contributed by atoms with Crippen molar-refractivity contribution in [1.82, 2.24) is 14.4 Å². The maximum atomic E-state index is 12.8. The standard InChI is InChI=1S/C19H17N5O3S/c20-14-15-6-8-17(9-7-15)28(25,26)24-12-10-23(11-13-24)19-21-18(27-22-19)16-4-2-1-3-5-16/h1-9H,10-13H2. The third-order valence-electron chi connectivity index (χ3n) is 4.58. The van der Waals surface area contributed by atoms with E-state index in [4.69, 9.17) is 9.78 Å². The molecule has 2 heterocycles. The molecule has 0 N–H and O–H groups in total. The Morgan fingerprint density at radius 3 is 2.29 bits per heavy atom. The zero-order chi connectivity index (χ0) is 19.6. The lowest BCUT2D eigenvalue weighted by Crippen LogP contribution is -2.49. The van der Waals surface area contributed by atoms with Gasteiger partial charge < -0.3 is 9.42 Å². The van der Waals surface area contributed by atoms with Crippen molar-refractivity contribution >= 4 is 16.0 Å². The van der Waals surface area contributed by atoms with E-state index in [0.717, 1.165) is 5.56 Å². The van der Waals surface area contributed by atoms with Gasteiger partial charge in [0.15, 0.2) is 0 Å². The van der Waals surface area contributed by atoms with E-state index in [1.165, 1.54) is 28.6 Å². The summed E-state index contributed by atoms with van der Waals surface area (Å²) in [6, 6.07) is 17.4. The Morgan fingerprint density at radius 1 is 0.964 bits per heavy atom. The summed E-state index contributed by atoms with van der Waals surface area (Å²) < 4.78 is 32.3. The molecular formula is C19H17N5O3S. The number of aromatic nitrogens is 2. The molecule has 8 nitrogen and oxygen atoms in total. The van der Waals surface area contributed by atoms with Crippen LogP contribution in [0.4, 0.5) is 5.95 Å². The van der Waals surface area contributed by atoms with Gasteiger partial charge in [0.1, 0.15) is 0 Å². The molecule has 0 bridgehead atoms. The SMILES string of the molecule is N#Cc1ccc(S(=O)(=O)N2CCN(c3noc(-c4ccccc4)n3)CC2)cc1. The number of sulfonamides is 1. The van der Waals surface area contributed by atoms with Crippen LogP contribution in [0.15, 0.2) is 64.0 Å². The minimum absolute atomic E-state index is 0.186. The maximum absolute atomic E-state index is 12.8. The van der Waals surface area contributed by atoms with Crippen LogP contribution in [0.3, 0.4) is 0 Å². The number of anilines is 1. The van der Waals surface area contributed by atoms with E-state index in [-0.39, 0.29) is 4.90 Å². The first-order valence-electron chi connectivity index (χ1n) is 8.72. The summed E-state index contributed by atoms with van der Waals surface area (Å²) in [4.78, 5) is 6.51. The number of nitriles is 1. The van der Waals surface area contributed by atoms with Crippen LogP contribution in [-0.4, -0.2) is 49.0 Å². The number of rotatable bonds is 4. The van der Waals surface area contributed by atoms with Gasteiger partial charge in [0, 0.05) is 31.7 Å². The van der Waals surface area contributed by atoms with Crippen molar-refractivity contribution in [3.05, 3.63) is 60.2 Å². The molecule has 0 radical (unpaired) electrons. The fraction of sp³-hybridized carbons (Fsp3) is 0.211. The molecule has 1 saturated heterocycles. The highest BCUT2D eigenvalue weighted by atomic mass is 32.2. The van der Waals surface area contributed by atoms with Gasteiger partial charge in [-0.15, -0.1) is 0 Å². The van der Waals surface area contributed by atoms with E-state index >= 15 is 0 Å². The van der Waals surface area contributed by atoms with Crippen molar-refractivity contribution in [2.75, 3.05) is 31.1 Å². The van der Waals surface area contributed by atoms with Crippen molar-refractivity contribution in [3.8, 4) is 17.5 Å². The highest BCUT2D eigenvalue weighted by Crippen LogP contribution is 2.23. The summed E-state index contributed by atoms with van der Waals surface area (Å²) in [5.74, 6) is 0.887. The first-order chi connectivity index (χ1) is 13.6. The van der Waals surface area contributed by atoms with Crippen LogP contribution in [0, 0.1) is 11.3 Å². The molecule has 0 saturated carbocycles. The lowest BCUT2D eigenvalue weighted by atomic mass is 10.2. The average molecular weight is 395 g/mol. The molecule has 0 aliphatic carbocycles. The zero-order valence-corrected chi connectivity index (χ0v) is 15.7. The van der Waals surface area contributed by atoms with Gasteiger partial charge >= 0.3 is 0 Å². The summed E-state index contributed by atoms with van der Waals surface area (Å²) in [6.45, 7) is 1.56. The van der Waals surface area contributed by atoms with Gasteiger partial charge in [-0.3, -0.25) is 0 Å². The van der Waals surface area contributed by atoms with Gasteiger partial charge in [-0.1, -0.05) is 18.2 Å². The van der Waals surface area contributed by atoms with Crippen molar-refractivity contribution in [3.63, 3.8) is 0 Å². The Labute approximate surface area is 162 Å². The molecule has 0 unspecified atom stereocenters. The number of hydrogen-bond acceptors (Lipinski definition) is 7. The van der Waals surface area contributed by atoms with Crippen molar-refractivity contribution in [2.24, 2.45) is 0 Å². The normalized spacial score (nSPS) is 15.3. The van der Waals surface area contributed by atoms with Gasteiger partial charge in [-0.05, 0) is 41.6 Å². The first kappa shape index (κ1) is 18.2. The quantitative estimate of drug-likeness (QED) is 0.666. The molecule has 142 valence electrons.